The van der Waals surface area contributed by atoms with Crippen molar-refractivity contribution in [2.75, 3.05) is 122 Å². The third-order valence-corrected chi connectivity index (χ3v) is 24.9. The molecule has 82 heteroatoms. The molecular weight excluding hydrogens is 2420 g/mol. The first-order valence-electron chi connectivity index (χ1n) is 38.2. The Balaban J connectivity index is -0.000000801. The Morgan fingerprint density at radius 2 is 0.733 bits per heavy atom. The number of amides is 1. The zero-order valence-corrected chi connectivity index (χ0v) is 85.6. The summed E-state index contributed by atoms with van der Waals surface area (Å²) in [5.74, 6) is -5.41. The zero-order valence-electron chi connectivity index (χ0n) is 75.0. The van der Waals surface area contributed by atoms with E-state index < -0.39 is 274 Å². The Morgan fingerprint density at radius 3 is 1.10 bits per heavy atom. The first kappa shape index (κ1) is 147. The molecule has 5 rings (SSSR count). The maximum Gasteiger partial charge on any atom is 0.508 e. The van der Waals surface area contributed by atoms with Gasteiger partial charge in [0, 0.05) is 24.2 Å². The molecule has 4 aromatic carbocycles. The summed E-state index contributed by atoms with van der Waals surface area (Å²) in [6.07, 6.45) is -0.943. The number of para-hydroxylation sites is 1. The second-order valence-corrected chi connectivity index (χ2v) is 43.7. The van der Waals surface area contributed by atoms with Gasteiger partial charge in [0.05, 0.1) is 49.7 Å². The minimum atomic E-state index is -5.92. The summed E-state index contributed by atoms with van der Waals surface area (Å²) >= 11 is 3.31. The van der Waals surface area contributed by atoms with Crippen LogP contribution in [0.4, 0.5) is 103 Å². The molecule has 868 valence electrons. The number of ether oxygens (including phenoxy) is 12. The van der Waals surface area contributed by atoms with Crippen molar-refractivity contribution in [2.45, 2.75) is 100 Å². The highest BCUT2D eigenvalue weighted by Gasteiger charge is 2.50. The van der Waals surface area contributed by atoms with E-state index in [2.05, 4.69) is 67.5 Å². The highest BCUT2D eigenvalue weighted by Crippen LogP contribution is 2.30. The Kier molecular flexibility index (Phi) is 63.1. The standard InChI is InChI=1S/C10H10F2O6S.C10H10F2O5S.C9H7F3O5S.C9H16F2O6S.C9H8F2O5S.C7H11F2NO6S.C5H8F2O6S.C5H8F2O5S2.C4H7BrF2O6S2/c11-10(12,19(14,15)16)7-18-9(13)6-17-8-4-2-1-3-5-8;11-10(12,18(14,15)16)7-17-9(13)6-8-4-2-1-3-5-8;10-7-3-1-2-6(4-7)8(13)17-5-9(11,12)18(14,15)16;1-2-3-4-5-6-16-8(12)17-7-9(10,11)18(13,14)15;10-9(11,17(13,14)15)6-16-8(12)7-4-2-1-3-5-7;8-7(9,17(12,13)14)5-16-6(11)10-1-3-15-4-2-10;1-2-12-4(8)13-3-5(6,7)14(9,10)11;1-2-13-4(8)12-3-5(6,7)14(9,10)11;5-1-2-14(8,9)13-3-4(6,7)15(10,11)12/h1-5H,6-7H2,(H,14,15,16);1-5H,6-7H2,(H,14,15,16);1-4H,5H2,(H,14,15,16);2-7H2,1H3,(H,13,14,15);1-5H,6H2,(H,13,14,15);1-5H2,(H,12,13,14);2*2-3H2,1H3,(H,9,10,11);1-3H2,(H,10,11,12)/p-5. The number of carbonyl (C=O) groups excluding carboxylic acids is 8. The lowest BCUT2D eigenvalue weighted by molar-refractivity contribution is -0.152. The number of esters is 4. The number of unbranched alkanes of at least 4 members (excludes halogenated alkanes) is 3. The second kappa shape index (κ2) is 64.5. The van der Waals surface area contributed by atoms with Gasteiger partial charge in [0.15, 0.2) is 110 Å². The predicted octanol–water partition coefficient (Wildman–Crippen LogP) is 7.76. The molecule has 0 spiro atoms. The molecule has 0 unspecified atom stereocenters. The fourth-order valence-electron chi connectivity index (χ4n) is 6.93. The van der Waals surface area contributed by atoms with Crippen LogP contribution in [-0.4, -0.2) is 347 Å². The number of carbonyl (C=O) groups is 8. The van der Waals surface area contributed by atoms with Crippen LogP contribution in [0, 0.1) is 5.82 Å². The predicted molar refractivity (Wildman–Crippen MR) is 458 cm³/mol. The number of hydrogen-bond donors (Lipinski definition) is 4. The van der Waals surface area contributed by atoms with E-state index in [1.807, 2.05) is 6.92 Å². The number of hydrogen-bond acceptors (Lipinski definition) is 47. The van der Waals surface area contributed by atoms with Gasteiger partial charge in [-0.1, -0.05) is 122 Å². The number of alkyl halides is 19. The lowest BCUT2D eigenvalue weighted by atomic mass is 10.2. The van der Waals surface area contributed by atoms with Crippen molar-refractivity contribution < 1.29 is 308 Å². The molecule has 0 atom stereocenters. The molecule has 1 heterocycles. The van der Waals surface area contributed by atoms with E-state index in [4.69, 9.17) is 27.7 Å². The van der Waals surface area contributed by atoms with Crippen LogP contribution >= 0.6 is 27.7 Å². The van der Waals surface area contributed by atoms with Crippen LogP contribution in [-0.2, 0) is 173 Å². The third kappa shape index (κ3) is 61.3. The molecule has 1 saturated heterocycles. The van der Waals surface area contributed by atoms with E-state index in [-0.39, 0.29) is 62.4 Å². The molecule has 0 saturated carbocycles. The van der Waals surface area contributed by atoms with Crippen molar-refractivity contribution in [1.82, 2.24) is 4.90 Å². The van der Waals surface area contributed by atoms with Crippen LogP contribution in [0.5, 0.6) is 5.75 Å². The number of halogens is 20. The van der Waals surface area contributed by atoms with Gasteiger partial charge in [0.2, 0.25) is 0 Å². The van der Waals surface area contributed by atoms with Crippen molar-refractivity contribution in [3.63, 3.8) is 0 Å². The van der Waals surface area contributed by atoms with Crippen LogP contribution in [0.1, 0.15) is 72.7 Å². The number of thioether (sulfide) groups is 1. The van der Waals surface area contributed by atoms with E-state index in [0.717, 1.165) is 48.4 Å². The number of nitrogens with zero attached hydrogens (tertiary/aromatic N) is 1. The zero-order chi connectivity index (χ0) is 118. The van der Waals surface area contributed by atoms with Crippen LogP contribution in [0.2, 0.25) is 0 Å². The SMILES string of the molecule is CCCCCCOC(=O)OCC(F)(F)S(=O)(=O)[O-].CCOC(=O)OCC(F)(F)S(=O)(=O)[O-].CCSC(=O)OCC(F)(F)S(=O)(=O)[O-].O=C(COc1ccccc1)OCC(F)(F)S(=O)(=O)O.O=C(Cc1ccccc1)OCC(F)(F)S(=O)(=O)O.O=C(OCC(F)(F)S(=O)(=O)O)c1cccc(F)c1.O=C(OCC(F)(F)S(=O)(=O)O)c1ccccc1.O=C(OCC(F)(F)S(=O)(=O)[O-])N1CCOCC1.O=S(=O)(CCBr)OCC(F)(F)S(=O)(=O)[O-]. The smallest absolute Gasteiger partial charge is 0.508 e. The summed E-state index contributed by atoms with van der Waals surface area (Å²) in [5.41, 5.74) is 0.178. The topological polar surface area (TPSA) is 797 Å². The lowest BCUT2D eigenvalue weighted by Crippen LogP contribution is -2.43. The molecule has 150 heavy (non-hydrogen) atoms. The average molecular weight is 2500 g/mol. The third-order valence-electron chi connectivity index (χ3n) is 14.4. The van der Waals surface area contributed by atoms with Crippen molar-refractivity contribution in [2.24, 2.45) is 0 Å². The van der Waals surface area contributed by atoms with Gasteiger partial charge in [-0.3, -0.25) is 27.2 Å². The van der Waals surface area contributed by atoms with Crippen molar-refractivity contribution in [3.05, 3.63) is 138 Å². The quantitative estimate of drug-likeness (QED) is 0.00625. The summed E-state index contributed by atoms with van der Waals surface area (Å²) in [6, 6.07) is 27.4. The molecular formula is C68H80BrF19NO50S11-5. The van der Waals surface area contributed by atoms with E-state index in [9.17, 15) is 229 Å². The summed E-state index contributed by atoms with van der Waals surface area (Å²) in [4.78, 5) is 88.5. The van der Waals surface area contributed by atoms with E-state index in [1.165, 1.54) is 43.3 Å². The van der Waals surface area contributed by atoms with Crippen LogP contribution < -0.4 is 4.74 Å². The number of morpholine rings is 1. The molecule has 1 aliphatic heterocycles. The van der Waals surface area contributed by atoms with Crippen molar-refractivity contribution >= 4 is 176 Å². The average Bonchev–Trinajstić information content (AvgIpc) is 0.842. The monoisotopic (exact) mass is 2500 g/mol. The van der Waals surface area contributed by atoms with Crippen molar-refractivity contribution in [3.8, 4) is 5.75 Å². The molecule has 4 aromatic rings. The van der Waals surface area contributed by atoms with Crippen molar-refractivity contribution in [1.29, 1.82) is 0 Å². The fraction of sp³-hybridized carbons (Fsp3) is 0.529. The lowest BCUT2D eigenvalue weighted by Gasteiger charge is -2.27. The Labute approximate surface area is 850 Å². The minimum absolute atomic E-state index is 0.00126. The molecule has 1 amide bonds. The van der Waals surface area contributed by atoms with Gasteiger partial charge in [-0.25, -0.2) is 80.0 Å². The Bertz CT molecular complexity index is 6100. The highest BCUT2D eigenvalue weighted by atomic mass is 79.9. The maximum atomic E-state index is 12.7. The van der Waals surface area contributed by atoms with Gasteiger partial charge >= 0.3 is 135 Å². The van der Waals surface area contributed by atoms with Gasteiger partial charge in [0.25, 0.3) is 10.1 Å². The van der Waals surface area contributed by atoms with Gasteiger partial charge in [0.1, 0.15) is 18.2 Å². The fourth-order valence-corrected chi connectivity index (χ4v) is 11.1. The number of rotatable bonds is 44. The molecule has 0 aliphatic carbocycles. The van der Waals surface area contributed by atoms with E-state index >= 15 is 0 Å². The molecule has 1 aliphatic rings. The number of benzene rings is 4. The maximum absolute atomic E-state index is 12.7. The summed E-state index contributed by atoms with van der Waals surface area (Å²) in [5, 5.41) is -42.5. The molecule has 4 N–H and O–H groups in total. The van der Waals surface area contributed by atoms with Crippen LogP contribution in [0.3, 0.4) is 0 Å². The summed E-state index contributed by atoms with van der Waals surface area (Å²) in [7, 11) is -55.9. The normalized spacial score (nSPS) is 13.1. The second-order valence-electron chi connectivity index (χ2n) is 26.3. The largest absolute Gasteiger partial charge is 0.743 e. The highest BCUT2D eigenvalue weighted by molar-refractivity contribution is 9.09. The van der Waals surface area contributed by atoms with Gasteiger partial charge < -0.3 is 84.5 Å². The molecule has 1 fully saturated rings. The van der Waals surface area contributed by atoms with E-state index in [0.29, 0.717) is 35.2 Å². The van der Waals surface area contributed by atoms with Crippen LogP contribution in [0.15, 0.2) is 115 Å². The van der Waals surface area contributed by atoms with E-state index in [1.54, 1.807) is 61.5 Å². The summed E-state index contributed by atoms with van der Waals surface area (Å²) in [6.45, 7) is -11.3. The minimum Gasteiger partial charge on any atom is -0.743 e. The Morgan fingerprint density at radius 1 is 0.393 bits per heavy atom. The van der Waals surface area contributed by atoms with Gasteiger partial charge in [-0.15, -0.1) is 0 Å². The molecule has 0 radical (unpaired) electrons. The van der Waals surface area contributed by atoms with Crippen LogP contribution in [0.25, 0.3) is 0 Å². The first-order chi connectivity index (χ1) is 67.7. The summed E-state index contributed by atoms with van der Waals surface area (Å²) < 4.78 is 578. The molecule has 0 aromatic heterocycles. The molecule has 51 nitrogen and oxygen atoms in total. The first-order valence-corrected chi connectivity index (χ1v) is 54.7. The van der Waals surface area contributed by atoms with Gasteiger partial charge in [-0.2, -0.15) is 121 Å². The van der Waals surface area contributed by atoms with Gasteiger partial charge in [-0.05, 0) is 73.1 Å². The molecule has 0 bridgehead atoms. The Hall–Kier alpha value is -9.60.